The Morgan fingerprint density at radius 1 is 1.29 bits per heavy atom. The highest BCUT2D eigenvalue weighted by Gasteiger charge is 2.27. The Balaban J connectivity index is 0.00000161. The van der Waals surface area contributed by atoms with Gasteiger partial charge in [-0.2, -0.15) is 4.31 Å². The molecule has 0 amide bonds. The fourth-order valence-electron chi connectivity index (χ4n) is 2.77. The zero-order valence-electron chi connectivity index (χ0n) is 12.0. The Morgan fingerprint density at radius 3 is 2.90 bits per heavy atom. The highest BCUT2D eigenvalue weighted by molar-refractivity contribution is 7.89. The minimum atomic E-state index is -3.39. The Hall–Kier alpha value is -0.820. The average Bonchev–Trinajstić information content (AvgIpc) is 2.63. The number of benzene rings is 1. The van der Waals surface area contributed by atoms with E-state index in [1.165, 1.54) is 0 Å². The molecule has 0 aromatic heterocycles. The molecule has 1 aromatic rings. The van der Waals surface area contributed by atoms with Gasteiger partial charge in [0.1, 0.15) is 11.9 Å². The maximum absolute atomic E-state index is 12.7. The van der Waals surface area contributed by atoms with Crippen molar-refractivity contribution in [1.82, 2.24) is 9.62 Å². The summed E-state index contributed by atoms with van der Waals surface area (Å²) in [6.07, 6.45) is 1.76. The SMILES string of the molecule is CC1Cc2cc(S(=O)(=O)N3CCCNCC3)ccc2O1.Cl. The lowest BCUT2D eigenvalue weighted by molar-refractivity contribution is 0.254. The molecule has 1 saturated heterocycles. The molecular weight excluding hydrogens is 312 g/mol. The number of rotatable bonds is 2. The van der Waals surface area contributed by atoms with E-state index in [1.54, 1.807) is 22.5 Å². The van der Waals surface area contributed by atoms with Crippen LogP contribution < -0.4 is 10.1 Å². The quantitative estimate of drug-likeness (QED) is 0.889. The summed E-state index contributed by atoms with van der Waals surface area (Å²) in [5.74, 6) is 0.814. The second kappa shape index (κ2) is 6.52. The standard InChI is InChI=1S/C14H20N2O3S.ClH/c1-11-9-12-10-13(3-4-14(12)19-11)20(17,18)16-7-2-5-15-6-8-16;/h3-4,10-11,15H,2,5-9H2,1H3;1H. The zero-order chi connectivity index (χ0) is 14.2. The molecule has 1 aromatic carbocycles. The largest absolute Gasteiger partial charge is 0.490 e. The van der Waals surface area contributed by atoms with Gasteiger partial charge in [-0.3, -0.25) is 0 Å². The highest BCUT2D eigenvalue weighted by Crippen LogP contribution is 2.31. The van der Waals surface area contributed by atoms with Crippen molar-refractivity contribution in [3.05, 3.63) is 23.8 Å². The summed E-state index contributed by atoms with van der Waals surface area (Å²) in [7, 11) is -3.39. The van der Waals surface area contributed by atoms with Gasteiger partial charge >= 0.3 is 0 Å². The molecule has 0 spiro atoms. The predicted octanol–water partition coefficient (Wildman–Crippen LogP) is 1.42. The number of fused-ring (bicyclic) bond motifs is 1. The number of hydrogen-bond donors (Lipinski definition) is 1. The molecule has 2 heterocycles. The van der Waals surface area contributed by atoms with Crippen molar-refractivity contribution in [2.45, 2.75) is 30.8 Å². The molecular formula is C14H21ClN2O3S. The van der Waals surface area contributed by atoms with Crippen molar-refractivity contribution in [3.8, 4) is 5.75 Å². The second-order valence-electron chi connectivity index (χ2n) is 5.41. The topological polar surface area (TPSA) is 58.6 Å². The molecule has 1 fully saturated rings. The van der Waals surface area contributed by atoms with Crippen molar-refractivity contribution in [2.24, 2.45) is 0 Å². The summed E-state index contributed by atoms with van der Waals surface area (Å²) >= 11 is 0. The number of hydrogen-bond acceptors (Lipinski definition) is 4. The van der Waals surface area contributed by atoms with Crippen LogP contribution in [0.4, 0.5) is 0 Å². The molecule has 2 aliphatic rings. The maximum Gasteiger partial charge on any atom is 0.243 e. The molecule has 1 unspecified atom stereocenters. The molecule has 7 heteroatoms. The van der Waals surface area contributed by atoms with Crippen molar-refractivity contribution in [2.75, 3.05) is 26.2 Å². The molecule has 5 nitrogen and oxygen atoms in total. The fourth-order valence-corrected chi connectivity index (χ4v) is 4.30. The third-order valence-corrected chi connectivity index (χ3v) is 5.70. The third kappa shape index (κ3) is 3.34. The first kappa shape index (κ1) is 16.5. The zero-order valence-corrected chi connectivity index (χ0v) is 13.7. The molecule has 0 radical (unpaired) electrons. The van der Waals surface area contributed by atoms with E-state index in [2.05, 4.69) is 5.32 Å². The van der Waals surface area contributed by atoms with E-state index >= 15 is 0 Å². The Kier molecular flexibility index (Phi) is 5.14. The van der Waals surface area contributed by atoms with Crippen LogP contribution in [0.1, 0.15) is 18.9 Å². The van der Waals surface area contributed by atoms with Crippen LogP contribution in [0.2, 0.25) is 0 Å². The van der Waals surface area contributed by atoms with Crippen molar-refractivity contribution in [3.63, 3.8) is 0 Å². The summed E-state index contributed by atoms with van der Waals surface area (Å²) in [6, 6.07) is 5.21. The van der Waals surface area contributed by atoms with Gasteiger partial charge in [0.2, 0.25) is 10.0 Å². The number of sulfonamides is 1. The summed E-state index contributed by atoms with van der Waals surface area (Å²) < 4.78 is 32.6. The molecule has 21 heavy (non-hydrogen) atoms. The van der Waals surface area contributed by atoms with Crippen LogP contribution in [0.25, 0.3) is 0 Å². The van der Waals surface area contributed by atoms with Crippen LogP contribution in [0, 0.1) is 0 Å². The van der Waals surface area contributed by atoms with E-state index < -0.39 is 10.0 Å². The number of nitrogens with one attached hydrogen (secondary N) is 1. The summed E-state index contributed by atoms with van der Waals surface area (Å²) in [6.45, 7) is 4.70. The molecule has 0 bridgehead atoms. The smallest absolute Gasteiger partial charge is 0.243 e. The van der Waals surface area contributed by atoms with Crippen LogP contribution in [0.5, 0.6) is 5.75 Å². The van der Waals surface area contributed by atoms with Crippen LogP contribution in [-0.2, 0) is 16.4 Å². The van der Waals surface area contributed by atoms with E-state index in [4.69, 9.17) is 4.74 Å². The van der Waals surface area contributed by atoms with Gasteiger partial charge in [-0.15, -0.1) is 12.4 Å². The second-order valence-corrected chi connectivity index (χ2v) is 7.35. The normalized spacial score (nSPS) is 22.8. The molecule has 0 aliphatic carbocycles. The first-order valence-electron chi connectivity index (χ1n) is 7.08. The fraction of sp³-hybridized carbons (Fsp3) is 0.571. The van der Waals surface area contributed by atoms with Gasteiger partial charge in [0, 0.05) is 26.1 Å². The van der Waals surface area contributed by atoms with Gasteiger partial charge in [-0.25, -0.2) is 8.42 Å². The van der Waals surface area contributed by atoms with Gasteiger partial charge in [0.05, 0.1) is 4.90 Å². The Bertz CT molecular complexity index is 598. The minimum Gasteiger partial charge on any atom is -0.490 e. The molecule has 1 N–H and O–H groups in total. The van der Waals surface area contributed by atoms with E-state index in [1.807, 2.05) is 6.92 Å². The van der Waals surface area contributed by atoms with E-state index in [-0.39, 0.29) is 18.5 Å². The summed E-state index contributed by atoms with van der Waals surface area (Å²) in [4.78, 5) is 0.385. The molecule has 2 aliphatic heterocycles. The Morgan fingerprint density at radius 2 is 2.10 bits per heavy atom. The Labute approximate surface area is 132 Å². The van der Waals surface area contributed by atoms with Gasteiger partial charge < -0.3 is 10.1 Å². The number of halogens is 1. The monoisotopic (exact) mass is 332 g/mol. The van der Waals surface area contributed by atoms with Crippen molar-refractivity contribution < 1.29 is 13.2 Å². The van der Waals surface area contributed by atoms with Crippen molar-refractivity contribution >= 4 is 22.4 Å². The average molecular weight is 333 g/mol. The lowest BCUT2D eigenvalue weighted by Crippen LogP contribution is -2.34. The van der Waals surface area contributed by atoms with Gasteiger partial charge in [0.15, 0.2) is 0 Å². The highest BCUT2D eigenvalue weighted by atomic mass is 35.5. The molecule has 1 atom stereocenters. The maximum atomic E-state index is 12.7. The molecule has 118 valence electrons. The lowest BCUT2D eigenvalue weighted by atomic mass is 10.1. The van der Waals surface area contributed by atoms with E-state index in [9.17, 15) is 8.42 Å². The van der Waals surface area contributed by atoms with Gasteiger partial charge in [-0.1, -0.05) is 0 Å². The predicted molar refractivity (Wildman–Crippen MR) is 83.7 cm³/mol. The van der Waals surface area contributed by atoms with Crippen molar-refractivity contribution in [1.29, 1.82) is 0 Å². The van der Waals surface area contributed by atoms with Crippen LogP contribution in [-0.4, -0.2) is 45.0 Å². The van der Waals surface area contributed by atoms with Crippen LogP contribution in [0.15, 0.2) is 23.1 Å². The number of ether oxygens (including phenoxy) is 1. The van der Waals surface area contributed by atoms with Gasteiger partial charge in [0.25, 0.3) is 0 Å². The minimum absolute atomic E-state index is 0. The third-order valence-electron chi connectivity index (χ3n) is 3.80. The summed E-state index contributed by atoms with van der Waals surface area (Å²) in [5, 5.41) is 3.22. The van der Waals surface area contributed by atoms with E-state index in [0.717, 1.165) is 30.7 Å². The van der Waals surface area contributed by atoms with Crippen LogP contribution in [0.3, 0.4) is 0 Å². The van der Waals surface area contributed by atoms with E-state index in [0.29, 0.717) is 24.5 Å². The molecule has 0 saturated carbocycles. The van der Waals surface area contributed by atoms with Gasteiger partial charge in [-0.05, 0) is 43.7 Å². The number of nitrogens with zero attached hydrogens (tertiary/aromatic N) is 1. The first-order chi connectivity index (χ1) is 9.57. The summed E-state index contributed by atoms with van der Waals surface area (Å²) in [5.41, 5.74) is 0.992. The first-order valence-corrected chi connectivity index (χ1v) is 8.52. The van der Waals surface area contributed by atoms with Crippen LogP contribution >= 0.6 is 12.4 Å². The molecule has 3 rings (SSSR count). The lowest BCUT2D eigenvalue weighted by Gasteiger charge is -2.19.